The highest BCUT2D eigenvalue weighted by Gasteiger charge is 2.37. The van der Waals surface area contributed by atoms with Crippen molar-refractivity contribution < 1.29 is 37.0 Å². The number of carbonyl (C=O) groups excluding carboxylic acids is 3. The van der Waals surface area contributed by atoms with Crippen LogP contribution >= 0.6 is 0 Å². The van der Waals surface area contributed by atoms with Crippen LogP contribution in [0, 0.1) is 0 Å². The fourth-order valence-corrected chi connectivity index (χ4v) is 5.54. The minimum absolute atomic E-state index is 0.0211. The quantitative estimate of drug-likeness (QED) is 0.346. The number of fused-ring (bicyclic) bond motifs is 1. The molecule has 3 aliphatic rings. The summed E-state index contributed by atoms with van der Waals surface area (Å²) < 4.78 is 43.8. The van der Waals surface area contributed by atoms with Crippen LogP contribution in [0.25, 0.3) is 0 Å². The van der Waals surface area contributed by atoms with E-state index in [2.05, 4.69) is 10.6 Å². The molecule has 3 amide bonds. The van der Waals surface area contributed by atoms with Gasteiger partial charge in [-0.3, -0.25) is 14.4 Å². The first-order valence-corrected chi connectivity index (χ1v) is 12.7. The smallest absolute Gasteiger partial charge is 0.309 e. The second-order valence-electron chi connectivity index (χ2n) is 8.05. The number of carbonyl (C=O) groups is 3. The molecule has 4 rings (SSSR count). The van der Waals surface area contributed by atoms with E-state index in [9.17, 15) is 22.8 Å². The highest BCUT2D eigenvalue weighted by atomic mass is 32.2. The number of benzene rings is 1. The number of nitrogens with zero attached hydrogens (tertiary/aromatic N) is 2. The number of sulfonamides is 1. The molecule has 13 heteroatoms. The summed E-state index contributed by atoms with van der Waals surface area (Å²) in [6, 6.07) is 4.37. The lowest BCUT2D eigenvalue weighted by Crippen LogP contribution is -2.47. The predicted octanol–water partition coefficient (Wildman–Crippen LogP) is -0.950. The second kappa shape index (κ2) is 10.6. The molecule has 0 spiro atoms. The molecule has 2 N–H and O–H groups in total. The van der Waals surface area contributed by atoms with E-state index in [1.807, 2.05) is 0 Å². The molecule has 2 fully saturated rings. The van der Waals surface area contributed by atoms with Gasteiger partial charge in [-0.05, 0) is 25.0 Å². The van der Waals surface area contributed by atoms with E-state index < -0.39 is 28.1 Å². The number of likely N-dealkylation sites (tertiary alicyclic amines) is 1. The van der Waals surface area contributed by atoms with Gasteiger partial charge < -0.3 is 29.7 Å². The Balaban J connectivity index is 1.26. The van der Waals surface area contributed by atoms with E-state index in [0.29, 0.717) is 44.1 Å². The summed E-state index contributed by atoms with van der Waals surface area (Å²) in [5.74, 6) is -0.777. The summed E-state index contributed by atoms with van der Waals surface area (Å²) in [4.78, 5) is 37.5. The number of nitrogens with one attached hydrogen (secondary N) is 2. The van der Waals surface area contributed by atoms with Crippen molar-refractivity contribution in [2.75, 3.05) is 52.5 Å². The molecule has 186 valence electrons. The van der Waals surface area contributed by atoms with Gasteiger partial charge in [0.05, 0.1) is 18.0 Å². The average Bonchev–Trinajstić information content (AvgIpc) is 3.49. The molecule has 12 nitrogen and oxygen atoms in total. The highest BCUT2D eigenvalue weighted by Crippen LogP contribution is 2.34. The van der Waals surface area contributed by atoms with Gasteiger partial charge in [-0.15, -0.1) is 0 Å². The van der Waals surface area contributed by atoms with Gasteiger partial charge in [0.2, 0.25) is 15.9 Å². The van der Waals surface area contributed by atoms with E-state index in [4.69, 9.17) is 14.2 Å². The van der Waals surface area contributed by atoms with E-state index in [-0.39, 0.29) is 37.0 Å². The number of hydrogen-bond acceptors (Lipinski definition) is 8. The normalized spacial score (nSPS) is 20.4. The van der Waals surface area contributed by atoms with E-state index >= 15 is 0 Å². The summed E-state index contributed by atoms with van der Waals surface area (Å²) in [7, 11) is -3.93. The van der Waals surface area contributed by atoms with Crippen LogP contribution in [0.1, 0.15) is 19.3 Å². The molecule has 0 saturated carbocycles. The summed E-state index contributed by atoms with van der Waals surface area (Å²) in [5, 5.41) is 4.93. The lowest BCUT2D eigenvalue weighted by molar-refractivity contribution is -0.139. The van der Waals surface area contributed by atoms with Crippen LogP contribution in [0.4, 0.5) is 0 Å². The highest BCUT2D eigenvalue weighted by molar-refractivity contribution is 7.89. The summed E-state index contributed by atoms with van der Waals surface area (Å²) >= 11 is 0. The van der Waals surface area contributed by atoms with Crippen LogP contribution in [0.5, 0.6) is 11.5 Å². The Hall–Kier alpha value is -2.90. The van der Waals surface area contributed by atoms with Crippen LogP contribution < -0.4 is 20.1 Å². The first-order chi connectivity index (χ1) is 16.4. The van der Waals surface area contributed by atoms with Crippen molar-refractivity contribution in [3.63, 3.8) is 0 Å². The molecule has 1 aromatic carbocycles. The summed E-state index contributed by atoms with van der Waals surface area (Å²) in [6.07, 6.45) is 0.992. The van der Waals surface area contributed by atoms with E-state index in [1.165, 1.54) is 12.1 Å². The third-order valence-electron chi connectivity index (χ3n) is 5.77. The standard InChI is InChI=1S/C21H28N4O8S/c26-18-3-1-7-24(18)8-2-6-22-20(27)21(28)23-14-19-25(9-10-33-19)34(29,30)15-4-5-16-17(13-15)32-12-11-31-16/h4-5,13,19H,1-3,6-12,14H2,(H,22,27)(H,23,28). The first-order valence-electron chi connectivity index (χ1n) is 11.2. The Morgan fingerprint density at radius 1 is 1.03 bits per heavy atom. The molecular formula is C21H28N4O8S. The van der Waals surface area contributed by atoms with Gasteiger partial charge in [-0.2, -0.15) is 4.31 Å². The van der Waals surface area contributed by atoms with Crippen molar-refractivity contribution in [2.45, 2.75) is 30.4 Å². The van der Waals surface area contributed by atoms with Crippen LogP contribution in [-0.4, -0.2) is 94.1 Å². The molecule has 1 unspecified atom stereocenters. The maximum absolute atomic E-state index is 13.1. The van der Waals surface area contributed by atoms with Crippen molar-refractivity contribution >= 4 is 27.7 Å². The fraction of sp³-hybridized carbons (Fsp3) is 0.571. The van der Waals surface area contributed by atoms with Crippen LogP contribution in [0.15, 0.2) is 23.1 Å². The van der Waals surface area contributed by atoms with Gasteiger partial charge in [-0.25, -0.2) is 8.42 Å². The number of rotatable bonds is 8. The molecule has 1 atom stereocenters. The van der Waals surface area contributed by atoms with Gasteiger partial charge >= 0.3 is 11.8 Å². The molecule has 3 heterocycles. The van der Waals surface area contributed by atoms with Crippen molar-refractivity contribution in [3.05, 3.63) is 18.2 Å². The van der Waals surface area contributed by atoms with Gasteiger partial charge in [0.1, 0.15) is 19.4 Å². The lowest BCUT2D eigenvalue weighted by Gasteiger charge is -2.24. The van der Waals surface area contributed by atoms with Gasteiger partial charge in [0.15, 0.2) is 11.5 Å². The number of hydrogen-bond donors (Lipinski definition) is 2. The molecule has 34 heavy (non-hydrogen) atoms. The Morgan fingerprint density at radius 2 is 1.79 bits per heavy atom. The van der Waals surface area contributed by atoms with Crippen molar-refractivity contribution in [1.82, 2.24) is 19.8 Å². The molecule has 0 radical (unpaired) electrons. The minimum atomic E-state index is -3.93. The fourth-order valence-electron chi connectivity index (χ4n) is 4.01. The maximum Gasteiger partial charge on any atom is 0.309 e. The van der Waals surface area contributed by atoms with Gasteiger partial charge in [0, 0.05) is 38.7 Å². The second-order valence-corrected chi connectivity index (χ2v) is 9.94. The molecule has 0 aliphatic carbocycles. The van der Waals surface area contributed by atoms with Crippen LogP contribution in [-0.2, 0) is 29.1 Å². The third-order valence-corrected chi connectivity index (χ3v) is 7.65. The number of ether oxygens (including phenoxy) is 3. The number of amides is 3. The van der Waals surface area contributed by atoms with Crippen LogP contribution in [0.2, 0.25) is 0 Å². The van der Waals surface area contributed by atoms with Crippen molar-refractivity contribution in [1.29, 1.82) is 0 Å². The minimum Gasteiger partial charge on any atom is -0.486 e. The van der Waals surface area contributed by atoms with Crippen molar-refractivity contribution in [3.8, 4) is 11.5 Å². The topological polar surface area (TPSA) is 144 Å². The molecule has 3 aliphatic heterocycles. The van der Waals surface area contributed by atoms with Crippen LogP contribution in [0.3, 0.4) is 0 Å². The monoisotopic (exact) mass is 496 g/mol. The zero-order valence-electron chi connectivity index (χ0n) is 18.7. The largest absolute Gasteiger partial charge is 0.486 e. The predicted molar refractivity (Wildman–Crippen MR) is 118 cm³/mol. The Labute approximate surface area is 197 Å². The molecule has 0 bridgehead atoms. The average molecular weight is 497 g/mol. The zero-order valence-corrected chi connectivity index (χ0v) is 19.5. The molecule has 2 saturated heterocycles. The Morgan fingerprint density at radius 3 is 2.56 bits per heavy atom. The zero-order chi connectivity index (χ0) is 24.1. The van der Waals surface area contributed by atoms with Gasteiger partial charge in [0.25, 0.3) is 0 Å². The Kier molecular flexibility index (Phi) is 7.54. The molecule has 1 aromatic rings. The van der Waals surface area contributed by atoms with E-state index in [1.54, 1.807) is 11.0 Å². The SMILES string of the molecule is O=C(NCCCN1CCCC1=O)C(=O)NCC1OCCN1S(=O)(=O)c1ccc2c(c1)OCCO2. The maximum atomic E-state index is 13.1. The molecule has 0 aromatic heterocycles. The lowest BCUT2D eigenvalue weighted by atomic mass is 10.3. The first kappa shape index (κ1) is 24.2. The van der Waals surface area contributed by atoms with E-state index in [0.717, 1.165) is 17.3 Å². The molecular weight excluding hydrogens is 468 g/mol. The third kappa shape index (κ3) is 5.42. The van der Waals surface area contributed by atoms with Gasteiger partial charge in [-0.1, -0.05) is 0 Å². The Bertz CT molecular complexity index is 1050. The summed E-state index contributed by atoms with van der Waals surface area (Å²) in [5.41, 5.74) is 0. The van der Waals surface area contributed by atoms with Crippen molar-refractivity contribution in [2.24, 2.45) is 0 Å². The summed E-state index contributed by atoms with van der Waals surface area (Å²) in [6.45, 7) is 2.32.